The predicted octanol–water partition coefficient (Wildman–Crippen LogP) is 1.46. The van der Waals surface area contributed by atoms with Gasteiger partial charge in [0.15, 0.2) is 0 Å². The van der Waals surface area contributed by atoms with Crippen LogP contribution in [0.2, 0.25) is 0 Å². The molecule has 0 spiro atoms. The molecule has 0 saturated carbocycles. The van der Waals surface area contributed by atoms with Crippen LogP contribution in [0.15, 0.2) is 35.1 Å². The zero-order valence-corrected chi connectivity index (χ0v) is 11.9. The van der Waals surface area contributed by atoms with Crippen LogP contribution in [0, 0.1) is 5.92 Å². The molecule has 114 valence electrons. The second kappa shape index (κ2) is 5.63. The lowest BCUT2D eigenvalue weighted by atomic mass is 9.96. The second-order valence-electron chi connectivity index (χ2n) is 5.50. The van der Waals surface area contributed by atoms with Crippen LogP contribution in [-0.2, 0) is 4.79 Å². The van der Waals surface area contributed by atoms with Crippen molar-refractivity contribution in [2.24, 2.45) is 5.92 Å². The van der Waals surface area contributed by atoms with E-state index < -0.39 is 5.97 Å². The molecule has 1 aliphatic heterocycles. The number of piperidine rings is 1. The van der Waals surface area contributed by atoms with Crippen molar-refractivity contribution in [3.05, 3.63) is 46.2 Å². The Labute approximate surface area is 126 Å². The Morgan fingerprint density at radius 3 is 2.55 bits per heavy atom. The van der Waals surface area contributed by atoms with E-state index in [0.717, 1.165) is 5.39 Å². The van der Waals surface area contributed by atoms with Gasteiger partial charge in [-0.2, -0.15) is 0 Å². The van der Waals surface area contributed by atoms with Gasteiger partial charge in [0.25, 0.3) is 5.91 Å². The number of carboxylic acid groups (broad SMARTS) is 1. The SMILES string of the molecule is O=C(O)C1CCN(C(=O)c2cccc3ccc(=O)[nH]c23)CC1. The number of hydrogen-bond donors (Lipinski definition) is 2. The highest BCUT2D eigenvalue weighted by Gasteiger charge is 2.28. The van der Waals surface area contributed by atoms with Gasteiger partial charge in [-0.1, -0.05) is 12.1 Å². The highest BCUT2D eigenvalue weighted by atomic mass is 16.4. The third-order valence-corrected chi connectivity index (χ3v) is 4.12. The summed E-state index contributed by atoms with van der Waals surface area (Å²) in [5, 5.41) is 9.81. The number of benzene rings is 1. The summed E-state index contributed by atoms with van der Waals surface area (Å²) in [6, 6.07) is 8.40. The van der Waals surface area contributed by atoms with Gasteiger partial charge in [0.1, 0.15) is 0 Å². The first-order valence-electron chi connectivity index (χ1n) is 7.20. The van der Waals surface area contributed by atoms with E-state index in [0.29, 0.717) is 37.0 Å². The largest absolute Gasteiger partial charge is 0.481 e. The van der Waals surface area contributed by atoms with Crippen LogP contribution in [0.4, 0.5) is 0 Å². The summed E-state index contributed by atoms with van der Waals surface area (Å²) in [4.78, 5) is 39.5. The third-order valence-electron chi connectivity index (χ3n) is 4.12. The van der Waals surface area contributed by atoms with Gasteiger partial charge in [-0.05, 0) is 30.4 Å². The maximum Gasteiger partial charge on any atom is 0.306 e. The Kier molecular flexibility index (Phi) is 3.66. The van der Waals surface area contributed by atoms with E-state index in [1.165, 1.54) is 6.07 Å². The van der Waals surface area contributed by atoms with Crippen LogP contribution < -0.4 is 5.56 Å². The number of nitrogens with zero attached hydrogens (tertiary/aromatic N) is 1. The van der Waals surface area contributed by atoms with Crippen molar-refractivity contribution in [3.63, 3.8) is 0 Å². The average molecular weight is 300 g/mol. The van der Waals surface area contributed by atoms with Crippen LogP contribution in [0.25, 0.3) is 10.9 Å². The topological polar surface area (TPSA) is 90.5 Å². The zero-order chi connectivity index (χ0) is 15.7. The molecule has 0 unspecified atom stereocenters. The Hall–Kier alpha value is -2.63. The fourth-order valence-corrected chi connectivity index (χ4v) is 2.86. The van der Waals surface area contributed by atoms with E-state index in [1.807, 2.05) is 6.07 Å². The summed E-state index contributed by atoms with van der Waals surface area (Å²) in [6.07, 6.45) is 0.921. The number of nitrogens with one attached hydrogen (secondary N) is 1. The minimum atomic E-state index is -0.804. The van der Waals surface area contributed by atoms with Crippen LogP contribution in [0.5, 0.6) is 0 Å². The molecule has 0 radical (unpaired) electrons. The number of amides is 1. The first-order chi connectivity index (χ1) is 10.6. The molecule has 1 amide bonds. The smallest absolute Gasteiger partial charge is 0.306 e. The molecule has 1 aromatic carbocycles. The summed E-state index contributed by atoms with van der Waals surface area (Å²) < 4.78 is 0. The van der Waals surface area contributed by atoms with Crippen molar-refractivity contribution in [2.75, 3.05) is 13.1 Å². The molecule has 1 fully saturated rings. The van der Waals surface area contributed by atoms with Crippen molar-refractivity contribution < 1.29 is 14.7 Å². The number of para-hydroxylation sites is 1. The van der Waals surface area contributed by atoms with Crippen molar-refractivity contribution in [1.82, 2.24) is 9.88 Å². The summed E-state index contributed by atoms with van der Waals surface area (Å²) >= 11 is 0. The average Bonchev–Trinajstić information content (AvgIpc) is 2.53. The summed E-state index contributed by atoms with van der Waals surface area (Å²) in [5.41, 5.74) is 0.724. The predicted molar refractivity (Wildman–Crippen MR) is 80.8 cm³/mol. The molecular weight excluding hydrogens is 284 g/mol. The number of aromatic amines is 1. The zero-order valence-electron chi connectivity index (χ0n) is 11.9. The Morgan fingerprint density at radius 2 is 1.86 bits per heavy atom. The molecule has 2 N–H and O–H groups in total. The number of aromatic nitrogens is 1. The highest BCUT2D eigenvalue weighted by Crippen LogP contribution is 2.22. The molecule has 2 heterocycles. The Bertz CT molecular complexity index is 788. The van der Waals surface area contributed by atoms with E-state index in [4.69, 9.17) is 5.11 Å². The lowest BCUT2D eigenvalue weighted by Crippen LogP contribution is -2.40. The molecule has 1 aliphatic rings. The fourth-order valence-electron chi connectivity index (χ4n) is 2.86. The summed E-state index contributed by atoms with van der Waals surface area (Å²) in [6.45, 7) is 0.840. The van der Waals surface area contributed by atoms with Gasteiger partial charge in [-0.3, -0.25) is 14.4 Å². The third kappa shape index (κ3) is 2.59. The van der Waals surface area contributed by atoms with E-state index in [9.17, 15) is 14.4 Å². The molecule has 1 saturated heterocycles. The molecule has 6 heteroatoms. The van der Waals surface area contributed by atoms with Crippen molar-refractivity contribution in [1.29, 1.82) is 0 Å². The van der Waals surface area contributed by atoms with Gasteiger partial charge in [0.05, 0.1) is 17.0 Å². The van der Waals surface area contributed by atoms with Crippen LogP contribution >= 0.6 is 0 Å². The van der Waals surface area contributed by atoms with E-state index in [1.54, 1.807) is 23.1 Å². The molecule has 0 aliphatic carbocycles. The lowest BCUT2D eigenvalue weighted by Gasteiger charge is -2.30. The molecule has 0 atom stereocenters. The Balaban J connectivity index is 1.89. The number of hydrogen-bond acceptors (Lipinski definition) is 3. The van der Waals surface area contributed by atoms with Gasteiger partial charge in [0.2, 0.25) is 5.56 Å². The molecule has 22 heavy (non-hydrogen) atoms. The normalized spacial score (nSPS) is 15.9. The molecule has 1 aromatic heterocycles. The molecule has 3 rings (SSSR count). The Morgan fingerprint density at radius 1 is 1.14 bits per heavy atom. The number of rotatable bonds is 2. The van der Waals surface area contributed by atoms with Gasteiger partial charge >= 0.3 is 5.97 Å². The molecule has 2 aromatic rings. The van der Waals surface area contributed by atoms with Crippen LogP contribution in [0.3, 0.4) is 0 Å². The van der Waals surface area contributed by atoms with Gasteiger partial charge in [-0.25, -0.2) is 0 Å². The first kappa shape index (κ1) is 14.3. The highest BCUT2D eigenvalue weighted by molar-refractivity contribution is 6.05. The maximum atomic E-state index is 12.7. The number of pyridine rings is 1. The number of fused-ring (bicyclic) bond motifs is 1. The number of carbonyl (C=O) groups excluding carboxylic acids is 1. The number of H-pyrrole nitrogens is 1. The van der Waals surface area contributed by atoms with Gasteiger partial charge in [0, 0.05) is 19.2 Å². The van der Waals surface area contributed by atoms with Gasteiger partial charge in [-0.15, -0.1) is 0 Å². The standard InChI is InChI=1S/C16H16N2O4/c19-13-5-4-10-2-1-3-12(14(10)17-13)15(20)18-8-6-11(7-9-18)16(21)22/h1-5,11H,6-9H2,(H,17,19)(H,21,22). The molecular formula is C16H16N2O4. The lowest BCUT2D eigenvalue weighted by molar-refractivity contribution is -0.143. The van der Waals surface area contributed by atoms with Gasteiger partial charge < -0.3 is 15.0 Å². The fraction of sp³-hybridized carbons (Fsp3) is 0.312. The van der Waals surface area contributed by atoms with E-state index in [2.05, 4.69) is 4.98 Å². The number of aliphatic carboxylic acids is 1. The first-order valence-corrected chi connectivity index (χ1v) is 7.20. The molecule has 6 nitrogen and oxygen atoms in total. The second-order valence-corrected chi connectivity index (χ2v) is 5.50. The van der Waals surface area contributed by atoms with Crippen molar-refractivity contribution >= 4 is 22.8 Å². The maximum absolute atomic E-state index is 12.7. The van der Waals surface area contributed by atoms with Crippen molar-refractivity contribution in [2.45, 2.75) is 12.8 Å². The number of carbonyl (C=O) groups is 2. The minimum Gasteiger partial charge on any atom is -0.481 e. The van der Waals surface area contributed by atoms with Crippen molar-refractivity contribution in [3.8, 4) is 0 Å². The van der Waals surface area contributed by atoms with E-state index >= 15 is 0 Å². The summed E-state index contributed by atoms with van der Waals surface area (Å²) in [7, 11) is 0. The summed E-state index contributed by atoms with van der Waals surface area (Å²) in [5.74, 6) is -1.35. The van der Waals surface area contributed by atoms with E-state index in [-0.39, 0.29) is 17.4 Å². The number of carboxylic acids is 1. The van der Waals surface area contributed by atoms with Crippen LogP contribution in [-0.4, -0.2) is 40.0 Å². The quantitative estimate of drug-likeness (QED) is 0.878. The van der Waals surface area contributed by atoms with Crippen LogP contribution in [0.1, 0.15) is 23.2 Å². The molecule has 0 bridgehead atoms. The monoisotopic (exact) mass is 300 g/mol. The minimum absolute atomic E-state index is 0.170. The number of likely N-dealkylation sites (tertiary alicyclic amines) is 1.